The molecule has 1 N–H and O–H groups in total. The second kappa shape index (κ2) is 7.25. The molecule has 2 heterocycles. The third-order valence-corrected chi connectivity index (χ3v) is 3.35. The lowest BCUT2D eigenvalue weighted by Gasteiger charge is -2.08. The van der Waals surface area contributed by atoms with Gasteiger partial charge in [-0.1, -0.05) is 30.3 Å². The van der Waals surface area contributed by atoms with E-state index in [2.05, 4.69) is 25.3 Å². The molecule has 0 saturated heterocycles. The van der Waals surface area contributed by atoms with E-state index in [1.54, 1.807) is 6.20 Å². The summed E-state index contributed by atoms with van der Waals surface area (Å²) in [5.74, 6) is 0.509. The lowest BCUT2D eigenvalue weighted by atomic mass is 10.1. The molecule has 128 valence electrons. The molecular weight excluding hydrogens is 331 g/mol. The molecule has 0 bridgehead atoms. The van der Waals surface area contributed by atoms with Crippen molar-refractivity contribution in [1.82, 2.24) is 19.9 Å². The van der Waals surface area contributed by atoms with Gasteiger partial charge in [-0.2, -0.15) is 13.2 Å². The molecule has 2 aromatic heterocycles. The van der Waals surface area contributed by atoms with Crippen molar-refractivity contribution < 1.29 is 13.2 Å². The van der Waals surface area contributed by atoms with Crippen LogP contribution in [0.3, 0.4) is 0 Å². The summed E-state index contributed by atoms with van der Waals surface area (Å²) < 4.78 is 37.9. The predicted molar refractivity (Wildman–Crippen MR) is 86.7 cm³/mol. The Morgan fingerprint density at radius 1 is 0.880 bits per heavy atom. The first-order valence-electron chi connectivity index (χ1n) is 7.54. The second-order valence-electron chi connectivity index (χ2n) is 5.16. The Morgan fingerprint density at radius 3 is 2.40 bits per heavy atom. The van der Waals surface area contributed by atoms with Gasteiger partial charge in [0.1, 0.15) is 11.5 Å². The lowest BCUT2D eigenvalue weighted by molar-refractivity contribution is -0.141. The Morgan fingerprint density at radius 2 is 1.64 bits per heavy atom. The quantitative estimate of drug-likeness (QED) is 0.765. The maximum Gasteiger partial charge on any atom is 0.433 e. The van der Waals surface area contributed by atoms with Gasteiger partial charge in [0.25, 0.3) is 0 Å². The van der Waals surface area contributed by atoms with Crippen LogP contribution in [-0.4, -0.2) is 26.5 Å². The van der Waals surface area contributed by atoms with Crippen LogP contribution in [0.25, 0.3) is 11.3 Å². The number of benzene rings is 1. The molecule has 0 saturated carbocycles. The Balaban J connectivity index is 1.63. The number of aromatic nitrogens is 4. The van der Waals surface area contributed by atoms with Crippen LogP contribution in [0.4, 0.5) is 19.1 Å². The number of alkyl halides is 3. The van der Waals surface area contributed by atoms with Crippen molar-refractivity contribution in [3.63, 3.8) is 0 Å². The van der Waals surface area contributed by atoms with E-state index >= 15 is 0 Å². The van der Waals surface area contributed by atoms with E-state index in [0.29, 0.717) is 18.8 Å². The zero-order chi connectivity index (χ0) is 17.7. The summed E-state index contributed by atoms with van der Waals surface area (Å²) in [4.78, 5) is 15.9. The molecule has 0 radical (unpaired) electrons. The Hall–Kier alpha value is -3.03. The van der Waals surface area contributed by atoms with Gasteiger partial charge in [-0.25, -0.2) is 19.9 Å². The minimum atomic E-state index is -4.49. The summed E-state index contributed by atoms with van der Waals surface area (Å²) in [5.41, 5.74) is 0.786. The van der Waals surface area contributed by atoms with E-state index in [-0.39, 0.29) is 5.95 Å². The normalized spacial score (nSPS) is 11.3. The summed E-state index contributed by atoms with van der Waals surface area (Å²) in [7, 11) is 0. The van der Waals surface area contributed by atoms with Gasteiger partial charge in [-0.3, -0.25) is 0 Å². The largest absolute Gasteiger partial charge is 0.433 e. The molecule has 0 aliphatic heterocycles. The van der Waals surface area contributed by atoms with Gasteiger partial charge in [-0.05, 0) is 12.1 Å². The molecule has 0 aliphatic carbocycles. The van der Waals surface area contributed by atoms with Crippen molar-refractivity contribution in [2.45, 2.75) is 12.6 Å². The van der Waals surface area contributed by atoms with E-state index in [9.17, 15) is 13.2 Å². The van der Waals surface area contributed by atoms with Crippen molar-refractivity contribution in [2.75, 3.05) is 11.9 Å². The Kier molecular flexibility index (Phi) is 4.87. The third-order valence-electron chi connectivity index (χ3n) is 3.35. The molecule has 0 amide bonds. The fraction of sp³-hybridized carbons (Fsp3) is 0.176. The maximum absolute atomic E-state index is 12.6. The van der Waals surface area contributed by atoms with Crippen LogP contribution >= 0.6 is 0 Å². The number of hydrogen-bond donors (Lipinski definition) is 1. The van der Waals surface area contributed by atoms with Crippen LogP contribution in [0, 0.1) is 0 Å². The molecule has 0 aliphatic rings. The number of rotatable bonds is 5. The molecule has 0 atom stereocenters. The highest BCUT2D eigenvalue weighted by Gasteiger charge is 2.32. The highest BCUT2D eigenvalue weighted by atomic mass is 19.4. The van der Waals surface area contributed by atoms with Gasteiger partial charge >= 0.3 is 6.18 Å². The highest BCUT2D eigenvalue weighted by Crippen LogP contribution is 2.27. The third kappa shape index (κ3) is 4.50. The van der Waals surface area contributed by atoms with Crippen molar-refractivity contribution in [1.29, 1.82) is 0 Å². The first kappa shape index (κ1) is 16.8. The van der Waals surface area contributed by atoms with E-state index in [1.165, 1.54) is 0 Å². The standard InChI is InChI=1S/C17H14F3N5/c18-17(19,20)14-7-10-22-16(25-14)23-11-8-15-21-9-6-13(24-15)12-4-2-1-3-5-12/h1-7,9-10H,8,11H2,(H,22,23,25). The highest BCUT2D eigenvalue weighted by molar-refractivity contribution is 5.58. The molecule has 25 heavy (non-hydrogen) atoms. The van der Waals surface area contributed by atoms with Crippen LogP contribution in [0.15, 0.2) is 54.9 Å². The fourth-order valence-corrected chi connectivity index (χ4v) is 2.18. The SMILES string of the molecule is FC(F)(F)c1ccnc(NCCc2nccc(-c3ccccc3)n2)n1. The number of nitrogens with zero attached hydrogens (tertiary/aromatic N) is 4. The van der Waals surface area contributed by atoms with Gasteiger partial charge in [0, 0.05) is 30.9 Å². The summed E-state index contributed by atoms with van der Waals surface area (Å²) in [5, 5.41) is 2.76. The molecule has 0 fully saturated rings. The van der Waals surface area contributed by atoms with Crippen LogP contribution < -0.4 is 5.32 Å². The van der Waals surface area contributed by atoms with E-state index in [0.717, 1.165) is 23.5 Å². The Bertz CT molecular complexity index is 837. The molecule has 3 aromatic rings. The number of hydrogen-bond acceptors (Lipinski definition) is 5. The number of nitrogens with one attached hydrogen (secondary N) is 1. The minimum Gasteiger partial charge on any atom is -0.354 e. The molecule has 0 unspecified atom stereocenters. The van der Waals surface area contributed by atoms with Crippen molar-refractivity contribution in [3.05, 3.63) is 66.4 Å². The maximum atomic E-state index is 12.6. The smallest absolute Gasteiger partial charge is 0.354 e. The molecule has 0 spiro atoms. The van der Waals surface area contributed by atoms with Crippen molar-refractivity contribution in [2.24, 2.45) is 0 Å². The van der Waals surface area contributed by atoms with Crippen molar-refractivity contribution >= 4 is 5.95 Å². The average Bonchev–Trinajstić information content (AvgIpc) is 2.62. The zero-order valence-corrected chi connectivity index (χ0v) is 13.0. The summed E-state index contributed by atoms with van der Waals surface area (Å²) in [6, 6.07) is 12.3. The second-order valence-corrected chi connectivity index (χ2v) is 5.16. The molecular formula is C17H14F3N5. The summed E-state index contributed by atoms with van der Waals surface area (Å²) >= 11 is 0. The molecule has 1 aromatic carbocycles. The number of anilines is 1. The average molecular weight is 345 g/mol. The summed E-state index contributed by atoms with van der Waals surface area (Å²) in [6.07, 6.45) is -1.33. The molecule has 8 heteroatoms. The van der Waals surface area contributed by atoms with Gasteiger partial charge in [0.15, 0.2) is 0 Å². The molecule has 3 rings (SSSR count). The lowest BCUT2D eigenvalue weighted by Crippen LogP contribution is -2.13. The Labute approximate surface area is 142 Å². The fourth-order valence-electron chi connectivity index (χ4n) is 2.18. The summed E-state index contributed by atoms with van der Waals surface area (Å²) in [6.45, 7) is 0.319. The first-order valence-corrected chi connectivity index (χ1v) is 7.54. The monoisotopic (exact) mass is 345 g/mol. The van der Waals surface area contributed by atoms with Crippen LogP contribution in [-0.2, 0) is 12.6 Å². The molecule has 5 nitrogen and oxygen atoms in total. The minimum absolute atomic E-state index is 0.0750. The van der Waals surface area contributed by atoms with Gasteiger partial charge < -0.3 is 5.32 Å². The van der Waals surface area contributed by atoms with E-state index in [4.69, 9.17) is 0 Å². The topological polar surface area (TPSA) is 63.6 Å². The first-order chi connectivity index (χ1) is 12.0. The van der Waals surface area contributed by atoms with E-state index in [1.807, 2.05) is 36.4 Å². The van der Waals surface area contributed by atoms with Crippen molar-refractivity contribution in [3.8, 4) is 11.3 Å². The van der Waals surface area contributed by atoms with Crippen LogP contribution in [0.2, 0.25) is 0 Å². The van der Waals surface area contributed by atoms with E-state index < -0.39 is 11.9 Å². The number of halogens is 3. The van der Waals surface area contributed by atoms with Crippen LogP contribution in [0.1, 0.15) is 11.5 Å². The van der Waals surface area contributed by atoms with Gasteiger partial charge in [0.05, 0.1) is 5.69 Å². The van der Waals surface area contributed by atoms with Crippen LogP contribution in [0.5, 0.6) is 0 Å². The predicted octanol–water partition coefficient (Wildman–Crippen LogP) is 3.61. The van der Waals surface area contributed by atoms with Gasteiger partial charge in [0.2, 0.25) is 5.95 Å². The zero-order valence-electron chi connectivity index (χ0n) is 13.0. The van der Waals surface area contributed by atoms with Gasteiger partial charge in [-0.15, -0.1) is 0 Å².